The Kier molecular flexibility index (Phi) is 4.05. The number of carbonyl (C=O) groups is 1. The Morgan fingerprint density at radius 1 is 1.38 bits per heavy atom. The fraction of sp³-hybridized carbons (Fsp3) is 0.444. The van der Waals surface area contributed by atoms with Crippen LogP contribution in [0.15, 0.2) is 24.4 Å². The lowest BCUT2D eigenvalue weighted by Crippen LogP contribution is -2.29. The quantitative estimate of drug-likeness (QED) is 0.588. The van der Waals surface area contributed by atoms with Crippen molar-refractivity contribution in [2.24, 2.45) is 0 Å². The van der Waals surface area contributed by atoms with Crippen LogP contribution in [0.5, 0.6) is 0 Å². The number of hydrogen-bond donors (Lipinski definition) is 2. The SMILES string of the molecule is C1CNC1.O=C(O)N1C=CC=CC1. The lowest BCUT2D eigenvalue weighted by atomic mass is 10.3. The summed E-state index contributed by atoms with van der Waals surface area (Å²) in [7, 11) is 0. The van der Waals surface area contributed by atoms with Crippen molar-refractivity contribution in [1.82, 2.24) is 10.2 Å². The standard InChI is InChI=1S/C6H7NO2.C3H7N/c8-6(9)7-4-2-1-3-5-7;1-2-4-3-1/h1-4H,5H2,(H,8,9);4H,1-3H2. The van der Waals surface area contributed by atoms with Crippen LogP contribution >= 0.6 is 0 Å². The van der Waals surface area contributed by atoms with Crippen LogP contribution in [0.2, 0.25) is 0 Å². The summed E-state index contributed by atoms with van der Waals surface area (Å²) in [6.45, 7) is 2.96. The van der Waals surface area contributed by atoms with E-state index in [1.807, 2.05) is 6.08 Å². The van der Waals surface area contributed by atoms with Gasteiger partial charge in [-0.1, -0.05) is 12.2 Å². The molecule has 0 aromatic rings. The third-order valence-electron chi connectivity index (χ3n) is 1.77. The molecule has 0 saturated carbocycles. The molecule has 2 aliphatic heterocycles. The molecule has 0 bridgehead atoms. The van der Waals surface area contributed by atoms with Gasteiger partial charge in [-0.05, 0) is 25.6 Å². The minimum Gasteiger partial charge on any atom is -0.465 e. The highest BCUT2D eigenvalue weighted by Crippen LogP contribution is 1.97. The second-order valence-electron chi connectivity index (χ2n) is 2.81. The van der Waals surface area contributed by atoms with Gasteiger partial charge in [0.1, 0.15) is 0 Å². The number of hydrogen-bond acceptors (Lipinski definition) is 2. The van der Waals surface area contributed by atoms with Crippen LogP contribution in [0.4, 0.5) is 4.79 Å². The van der Waals surface area contributed by atoms with Gasteiger partial charge in [-0.2, -0.15) is 0 Å². The third-order valence-corrected chi connectivity index (χ3v) is 1.77. The van der Waals surface area contributed by atoms with Crippen LogP contribution in [0.1, 0.15) is 6.42 Å². The zero-order chi connectivity index (χ0) is 9.52. The summed E-state index contributed by atoms with van der Waals surface area (Å²) in [4.78, 5) is 11.4. The molecule has 2 heterocycles. The molecule has 2 N–H and O–H groups in total. The van der Waals surface area contributed by atoms with E-state index < -0.39 is 6.09 Å². The maximum atomic E-state index is 10.2. The summed E-state index contributed by atoms with van der Waals surface area (Å²) in [6, 6.07) is 0. The fourth-order valence-corrected chi connectivity index (χ4v) is 0.786. The van der Waals surface area contributed by atoms with E-state index in [0.717, 1.165) is 0 Å². The Hall–Kier alpha value is -1.29. The van der Waals surface area contributed by atoms with Crippen LogP contribution in [0, 0.1) is 0 Å². The van der Waals surface area contributed by atoms with Crippen molar-refractivity contribution in [1.29, 1.82) is 0 Å². The Balaban J connectivity index is 0.000000175. The number of nitrogens with one attached hydrogen (secondary N) is 1. The van der Waals surface area contributed by atoms with Gasteiger partial charge in [-0.3, -0.25) is 4.90 Å². The van der Waals surface area contributed by atoms with E-state index in [1.54, 1.807) is 12.2 Å². The Labute approximate surface area is 77.5 Å². The lowest BCUT2D eigenvalue weighted by molar-refractivity contribution is 0.166. The molecule has 72 valence electrons. The highest BCUT2D eigenvalue weighted by atomic mass is 16.4. The first-order valence-electron chi connectivity index (χ1n) is 4.34. The topological polar surface area (TPSA) is 52.6 Å². The van der Waals surface area contributed by atoms with Gasteiger partial charge in [0.05, 0.1) is 0 Å². The smallest absolute Gasteiger partial charge is 0.411 e. The molecule has 0 aliphatic carbocycles. The van der Waals surface area contributed by atoms with Crippen molar-refractivity contribution in [3.8, 4) is 0 Å². The average molecular weight is 182 g/mol. The van der Waals surface area contributed by atoms with E-state index in [4.69, 9.17) is 5.11 Å². The maximum Gasteiger partial charge on any atom is 0.411 e. The van der Waals surface area contributed by atoms with E-state index in [9.17, 15) is 4.79 Å². The van der Waals surface area contributed by atoms with E-state index in [2.05, 4.69) is 5.32 Å². The van der Waals surface area contributed by atoms with Gasteiger partial charge in [0.15, 0.2) is 0 Å². The molecule has 0 aromatic carbocycles. The molecule has 1 fully saturated rings. The van der Waals surface area contributed by atoms with E-state index in [1.165, 1.54) is 30.6 Å². The number of carboxylic acid groups (broad SMARTS) is 1. The van der Waals surface area contributed by atoms with Gasteiger partial charge >= 0.3 is 6.09 Å². The van der Waals surface area contributed by atoms with E-state index in [-0.39, 0.29) is 0 Å². The number of nitrogens with zero attached hydrogens (tertiary/aromatic N) is 1. The number of rotatable bonds is 0. The highest BCUT2D eigenvalue weighted by Gasteiger charge is 2.05. The van der Waals surface area contributed by atoms with Crippen molar-refractivity contribution in [2.75, 3.05) is 19.6 Å². The summed E-state index contributed by atoms with van der Waals surface area (Å²) in [5.74, 6) is 0. The average Bonchev–Trinajstić information content (AvgIpc) is 2.03. The molecule has 0 atom stereocenters. The van der Waals surface area contributed by atoms with Gasteiger partial charge in [0.2, 0.25) is 0 Å². The molecule has 0 unspecified atom stereocenters. The van der Waals surface area contributed by atoms with Crippen molar-refractivity contribution in [3.63, 3.8) is 0 Å². The second-order valence-corrected chi connectivity index (χ2v) is 2.81. The number of amides is 1. The molecule has 1 saturated heterocycles. The van der Waals surface area contributed by atoms with E-state index in [0.29, 0.717) is 6.54 Å². The van der Waals surface area contributed by atoms with Crippen LogP contribution in [-0.4, -0.2) is 35.7 Å². The maximum absolute atomic E-state index is 10.2. The van der Waals surface area contributed by atoms with Crippen LogP contribution in [0.3, 0.4) is 0 Å². The molecule has 0 radical (unpaired) electrons. The molecule has 13 heavy (non-hydrogen) atoms. The highest BCUT2D eigenvalue weighted by molar-refractivity contribution is 5.66. The van der Waals surface area contributed by atoms with Crippen LogP contribution in [0.25, 0.3) is 0 Å². The lowest BCUT2D eigenvalue weighted by Gasteiger charge is -2.12. The van der Waals surface area contributed by atoms with Crippen molar-refractivity contribution in [3.05, 3.63) is 24.4 Å². The molecule has 1 amide bonds. The summed E-state index contributed by atoms with van der Waals surface area (Å²) in [5, 5.41) is 11.5. The zero-order valence-electron chi connectivity index (χ0n) is 7.44. The first-order valence-corrected chi connectivity index (χ1v) is 4.34. The monoisotopic (exact) mass is 182 g/mol. The van der Waals surface area contributed by atoms with Crippen molar-refractivity contribution >= 4 is 6.09 Å². The Morgan fingerprint density at radius 2 is 2.00 bits per heavy atom. The van der Waals surface area contributed by atoms with Crippen molar-refractivity contribution < 1.29 is 9.90 Å². The van der Waals surface area contributed by atoms with Crippen LogP contribution in [-0.2, 0) is 0 Å². The summed E-state index contributed by atoms with van der Waals surface area (Å²) < 4.78 is 0. The fourth-order valence-electron chi connectivity index (χ4n) is 0.786. The Bertz CT molecular complexity index is 216. The van der Waals surface area contributed by atoms with Gasteiger partial charge in [-0.25, -0.2) is 4.79 Å². The minimum absolute atomic E-state index is 0.464. The number of allylic oxidation sites excluding steroid dienone is 2. The summed E-state index contributed by atoms with van der Waals surface area (Å²) in [5.41, 5.74) is 0. The molecular formula is C9H14N2O2. The Morgan fingerprint density at radius 3 is 2.23 bits per heavy atom. The molecule has 2 aliphatic rings. The predicted molar refractivity (Wildman–Crippen MR) is 50.5 cm³/mol. The first kappa shape index (κ1) is 9.80. The summed E-state index contributed by atoms with van der Waals surface area (Å²) in [6.07, 6.45) is 7.31. The second kappa shape index (κ2) is 5.37. The first-order chi connectivity index (χ1) is 6.30. The molecule has 0 aromatic heterocycles. The van der Waals surface area contributed by atoms with Gasteiger partial charge in [0, 0.05) is 12.7 Å². The minimum atomic E-state index is -0.907. The summed E-state index contributed by atoms with van der Waals surface area (Å²) >= 11 is 0. The third kappa shape index (κ3) is 3.75. The predicted octanol–water partition coefficient (Wildman–Crippen LogP) is 1.03. The zero-order valence-corrected chi connectivity index (χ0v) is 7.44. The largest absolute Gasteiger partial charge is 0.465 e. The molecule has 2 rings (SSSR count). The molecular weight excluding hydrogens is 168 g/mol. The molecule has 0 spiro atoms. The molecule has 4 nitrogen and oxygen atoms in total. The van der Waals surface area contributed by atoms with Gasteiger partial charge in [0.25, 0.3) is 0 Å². The van der Waals surface area contributed by atoms with Gasteiger partial charge in [-0.15, -0.1) is 0 Å². The normalized spacial score (nSPS) is 18.6. The van der Waals surface area contributed by atoms with E-state index >= 15 is 0 Å². The van der Waals surface area contributed by atoms with Gasteiger partial charge < -0.3 is 10.4 Å². The molecule has 4 heteroatoms. The van der Waals surface area contributed by atoms with Crippen molar-refractivity contribution in [2.45, 2.75) is 6.42 Å². The van der Waals surface area contributed by atoms with Crippen LogP contribution < -0.4 is 5.32 Å².